The van der Waals surface area contributed by atoms with Crippen LogP contribution in [0.4, 0.5) is 10.5 Å². The summed E-state index contributed by atoms with van der Waals surface area (Å²) in [5, 5.41) is 37.3. The number of carboxylic acid groups (broad SMARTS) is 1. The third-order valence-electron chi connectivity index (χ3n) is 3.84. The van der Waals surface area contributed by atoms with Crippen molar-refractivity contribution in [1.29, 1.82) is 5.41 Å². The van der Waals surface area contributed by atoms with E-state index in [0.717, 1.165) is 11.0 Å². The predicted molar refractivity (Wildman–Crippen MR) is 96.2 cm³/mol. The average molecular weight is 357 g/mol. The van der Waals surface area contributed by atoms with Gasteiger partial charge in [-0.3, -0.25) is 5.41 Å². The Balaban J connectivity index is 2.51. The third kappa shape index (κ3) is 3.59. The number of aromatic hydroxyl groups is 2. The molecular weight excluding hydrogens is 338 g/mol. The second-order valence-corrected chi connectivity index (χ2v) is 5.96. The summed E-state index contributed by atoms with van der Waals surface area (Å²) >= 11 is 0. The minimum Gasteiger partial charge on any atom is -0.508 e. The molecule has 0 bridgehead atoms. The number of nitrogens with two attached hydrogens (primary N) is 1. The molecule has 0 saturated heterocycles. The maximum Gasteiger partial charge on any atom is 0.335 e. The number of hydrogen-bond acceptors (Lipinski definition) is 5. The first-order chi connectivity index (χ1) is 12.1. The number of phenols is 2. The first-order valence-corrected chi connectivity index (χ1v) is 7.71. The van der Waals surface area contributed by atoms with E-state index in [4.69, 9.17) is 16.2 Å². The van der Waals surface area contributed by atoms with E-state index in [0.29, 0.717) is 5.56 Å². The van der Waals surface area contributed by atoms with E-state index < -0.39 is 17.8 Å². The molecule has 2 aromatic rings. The van der Waals surface area contributed by atoms with Gasteiger partial charge >= 0.3 is 12.0 Å². The number of hydrogen-bond donors (Lipinski definition) is 5. The van der Waals surface area contributed by atoms with Gasteiger partial charge in [0, 0.05) is 6.07 Å². The van der Waals surface area contributed by atoms with E-state index in [9.17, 15) is 19.8 Å². The second-order valence-electron chi connectivity index (χ2n) is 5.96. The SMILES string of the molecule is CC(C)c1cc(C(=N)N(C(N)=O)c2ccc(C(=O)O)cc2)c(O)cc1O. The number of benzene rings is 2. The van der Waals surface area contributed by atoms with Crippen molar-refractivity contribution >= 4 is 23.5 Å². The number of nitrogens with zero attached hydrogens (tertiary/aromatic N) is 1. The maximum atomic E-state index is 11.9. The molecule has 0 aliphatic rings. The number of amides is 2. The summed E-state index contributed by atoms with van der Waals surface area (Å²) in [6, 6.07) is 6.77. The smallest absolute Gasteiger partial charge is 0.335 e. The van der Waals surface area contributed by atoms with Gasteiger partial charge in [0.2, 0.25) is 0 Å². The standard InChI is InChI=1S/C18H19N3O5/c1-9(2)12-7-13(15(23)8-14(12)22)16(19)21(18(20)26)11-5-3-10(4-6-11)17(24)25/h3-9,19,22-23H,1-2H3,(H2,20,26)(H,24,25). The number of carboxylic acids is 1. The van der Waals surface area contributed by atoms with Gasteiger partial charge in [-0.15, -0.1) is 0 Å². The van der Waals surface area contributed by atoms with Gasteiger partial charge in [0.15, 0.2) is 0 Å². The van der Waals surface area contributed by atoms with Crippen molar-refractivity contribution in [2.45, 2.75) is 19.8 Å². The number of aromatic carboxylic acids is 1. The average Bonchev–Trinajstić information content (AvgIpc) is 2.54. The van der Waals surface area contributed by atoms with Crippen LogP contribution in [0.2, 0.25) is 0 Å². The number of rotatable bonds is 4. The number of nitrogens with one attached hydrogen (secondary N) is 1. The molecule has 0 radical (unpaired) electrons. The second kappa shape index (κ2) is 7.14. The number of anilines is 1. The minimum atomic E-state index is -1.13. The molecule has 0 saturated carbocycles. The number of primary amides is 1. The molecule has 136 valence electrons. The van der Waals surface area contributed by atoms with E-state index in [2.05, 4.69) is 0 Å². The summed E-state index contributed by atoms with van der Waals surface area (Å²) in [5.41, 5.74) is 6.07. The monoisotopic (exact) mass is 357 g/mol. The van der Waals surface area contributed by atoms with Crippen molar-refractivity contribution in [3.63, 3.8) is 0 Å². The summed E-state index contributed by atoms with van der Waals surface area (Å²) in [6.45, 7) is 3.66. The minimum absolute atomic E-state index is 0.00705. The van der Waals surface area contributed by atoms with Crippen molar-refractivity contribution in [3.05, 3.63) is 53.1 Å². The molecule has 0 heterocycles. The number of carbonyl (C=O) groups excluding carboxylic acids is 1. The molecule has 8 nitrogen and oxygen atoms in total. The highest BCUT2D eigenvalue weighted by Gasteiger charge is 2.24. The molecule has 0 aromatic heterocycles. The molecule has 0 unspecified atom stereocenters. The molecule has 0 spiro atoms. The third-order valence-corrected chi connectivity index (χ3v) is 3.84. The van der Waals surface area contributed by atoms with E-state index >= 15 is 0 Å². The Labute approximate surface area is 149 Å². The Hall–Kier alpha value is -3.55. The van der Waals surface area contributed by atoms with Gasteiger partial charge in [0.1, 0.15) is 17.3 Å². The molecule has 0 aliphatic carbocycles. The largest absolute Gasteiger partial charge is 0.508 e. The molecule has 2 aromatic carbocycles. The first kappa shape index (κ1) is 18.8. The van der Waals surface area contributed by atoms with Crippen LogP contribution in [0.1, 0.15) is 41.3 Å². The van der Waals surface area contributed by atoms with Crippen LogP contribution in [-0.4, -0.2) is 33.2 Å². The fourth-order valence-corrected chi connectivity index (χ4v) is 2.49. The summed E-state index contributed by atoms with van der Waals surface area (Å²) < 4.78 is 0. The van der Waals surface area contributed by atoms with Crippen molar-refractivity contribution in [3.8, 4) is 11.5 Å². The molecule has 2 amide bonds. The van der Waals surface area contributed by atoms with Gasteiger partial charge < -0.3 is 21.1 Å². The lowest BCUT2D eigenvalue weighted by molar-refractivity contribution is 0.0697. The van der Waals surface area contributed by atoms with Gasteiger partial charge in [0.05, 0.1) is 16.8 Å². The molecule has 0 aliphatic heterocycles. The fraction of sp³-hybridized carbons (Fsp3) is 0.167. The summed E-state index contributed by atoms with van der Waals surface area (Å²) in [4.78, 5) is 23.7. The molecule has 8 heteroatoms. The van der Waals surface area contributed by atoms with Gasteiger partial charge in [-0.05, 0) is 41.8 Å². The first-order valence-electron chi connectivity index (χ1n) is 7.71. The van der Waals surface area contributed by atoms with Crippen LogP contribution in [-0.2, 0) is 0 Å². The molecule has 0 fully saturated rings. The summed E-state index contributed by atoms with van der Waals surface area (Å²) in [6.07, 6.45) is 0. The maximum absolute atomic E-state index is 11.9. The van der Waals surface area contributed by atoms with Crippen LogP contribution in [0, 0.1) is 5.41 Å². The quantitative estimate of drug-likeness (QED) is 0.421. The Morgan fingerprint density at radius 2 is 1.65 bits per heavy atom. The Morgan fingerprint density at radius 1 is 1.08 bits per heavy atom. The lowest BCUT2D eigenvalue weighted by Gasteiger charge is -2.23. The zero-order valence-electron chi connectivity index (χ0n) is 14.2. The fourth-order valence-electron chi connectivity index (χ4n) is 2.49. The molecular formula is C18H19N3O5. The van der Waals surface area contributed by atoms with E-state index in [-0.39, 0.29) is 34.2 Å². The number of phenolic OH excluding ortho intramolecular Hbond substituents is 2. The van der Waals surface area contributed by atoms with Crippen molar-refractivity contribution in [2.24, 2.45) is 5.73 Å². The zero-order valence-corrected chi connectivity index (χ0v) is 14.2. The van der Waals surface area contributed by atoms with E-state index in [1.54, 1.807) is 0 Å². The normalized spacial score (nSPS) is 10.6. The molecule has 26 heavy (non-hydrogen) atoms. The highest BCUT2D eigenvalue weighted by atomic mass is 16.4. The van der Waals surface area contributed by atoms with Crippen LogP contribution in [0.15, 0.2) is 36.4 Å². The van der Waals surface area contributed by atoms with Gasteiger partial charge in [-0.1, -0.05) is 13.8 Å². The van der Waals surface area contributed by atoms with Gasteiger partial charge in [0.25, 0.3) is 0 Å². The van der Waals surface area contributed by atoms with Crippen LogP contribution in [0.3, 0.4) is 0 Å². The van der Waals surface area contributed by atoms with Crippen LogP contribution >= 0.6 is 0 Å². The van der Waals surface area contributed by atoms with Crippen molar-refractivity contribution < 1.29 is 24.9 Å². The number of carbonyl (C=O) groups is 2. The molecule has 2 rings (SSSR count). The predicted octanol–water partition coefficient (Wildman–Crippen LogP) is 2.83. The summed E-state index contributed by atoms with van der Waals surface area (Å²) in [5.74, 6) is -2.12. The van der Waals surface area contributed by atoms with Crippen molar-refractivity contribution in [2.75, 3.05) is 4.90 Å². The van der Waals surface area contributed by atoms with E-state index in [1.807, 2.05) is 13.8 Å². The number of urea groups is 1. The Morgan fingerprint density at radius 3 is 2.12 bits per heavy atom. The highest BCUT2D eigenvalue weighted by Crippen LogP contribution is 2.33. The highest BCUT2D eigenvalue weighted by molar-refractivity contribution is 6.22. The van der Waals surface area contributed by atoms with Crippen LogP contribution in [0.5, 0.6) is 11.5 Å². The number of amidine groups is 1. The molecule has 0 atom stereocenters. The summed E-state index contributed by atoms with van der Waals surface area (Å²) in [7, 11) is 0. The van der Waals surface area contributed by atoms with E-state index in [1.165, 1.54) is 30.3 Å². The molecule has 6 N–H and O–H groups in total. The van der Waals surface area contributed by atoms with Crippen LogP contribution < -0.4 is 10.6 Å². The van der Waals surface area contributed by atoms with Crippen LogP contribution in [0.25, 0.3) is 0 Å². The Kier molecular flexibility index (Phi) is 5.16. The lowest BCUT2D eigenvalue weighted by atomic mass is 9.98. The Bertz CT molecular complexity index is 875. The van der Waals surface area contributed by atoms with Gasteiger partial charge in [-0.25, -0.2) is 14.5 Å². The van der Waals surface area contributed by atoms with Crippen molar-refractivity contribution in [1.82, 2.24) is 0 Å². The lowest BCUT2D eigenvalue weighted by Crippen LogP contribution is -2.41. The zero-order chi connectivity index (χ0) is 19.6. The van der Waals surface area contributed by atoms with Gasteiger partial charge in [-0.2, -0.15) is 0 Å². The topological polar surface area (TPSA) is 148 Å².